The molecule has 0 fully saturated rings. The van der Waals surface area contributed by atoms with E-state index < -0.39 is 0 Å². The Balaban J connectivity index is 2.73. The van der Waals surface area contributed by atoms with Crippen molar-refractivity contribution in [2.24, 2.45) is 0 Å². The van der Waals surface area contributed by atoms with Crippen LogP contribution in [0.25, 0.3) is 0 Å². The van der Waals surface area contributed by atoms with Gasteiger partial charge in [0.15, 0.2) is 0 Å². The number of halogens is 1. The van der Waals surface area contributed by atoms with Gasteiger partial charge in [-0.2, -0.15) is 0 Å². The van der Waals surface area contributed by atoms with Crippen LogP contribution in [0.2, 0.25) is 0 Å². The molecule has 0 spiro atoms. The summed E-state index contributed by atoms with van der Waals surface area (Å²) in [5.41, 5.74) is 1.05. The zero-order valence-electron chi connectivity index (χ0n) is 7.37. The molecule has 1 rings (SSSR count). The Morgan fingerprint density at radius 2 is 2.08 bits per heavy atom. The highest BCUT2D eigenvalue weighted by atomic mass is 127. The van der Waals surface area contributed by atoms with E-state index in [4.69, 9.17) is 4.74 Å². The monoisotopic (exact) mass is 290 g/mol. The van der Waals surface area contributed by atoms with Crippen molar-refractivity contribution in [1.29, 1.82) is 0 Å². The Labute approximate surface area is 91.4 Å². The van der Waals surface area contributed by atoms with Gasteiger partial charge in [0.25, 0.3) is 0 Å². The molecule has 2 nitrogen and oxygen atoms in total. The lowest BCUT2D eigenvalue weighted by molar-refractivity contribution is -0.145. The Kier molecular flexibility index (Phi) is 4.21. The number of rotatable bonds is 3. The van der Waals surface area contributed by atoms with Crippen LogP contribution in [0.5, 0.6) is 0 Å². The molecule has 0 saturated carbocycles. The van der Waals surface area contributed by atoms with Crippen LogP contribution in [0.3, 0.4) is 0 Å². The maximum Gasteiger partial charge on any atom is 0.303 e. The van der Waals surface area contributed by atoms with Crippen molar-refractivity contribution < 1.29 is 9.53 Å². The highest BCUT2D eigenvalue weighted by molar-refractivity contribution is 14.1. The lowest BCUT2D eigenvalue weighted by Crippen LogP contribution is -2.09. The van der Waals surface area contributed by atoms with Crippen LogP contribution in [-0.2, 0) is 9.53 Å². The number of benzene rings is 1. The summed E-state index contributed by atoms with van der Waals surface area (Å²) < 4.78 is 5.92. The molecule has 0 aromatic heterocycles. The van der Waals surface area contributed by atoms with Crippen molar-refractivity contribution >= 4 is 28.6 Å². The molecule has 0 amide bonds. The highest BCUT2D eigenvalue weighted by Crippen LogP contribution is 2.19. The number of hydrogen-bond acceptors (Lipinski definition) is 2. The highest BCUT2D eigenvalue weighted by Gasteiger charge is 2.11. The average Bonchev–Trinajstić information content (AvgIpc) is 2.15. The molecule has 0 radical (unpaired) electrons. The summed E-state index contributed by atoms with van der Waals surface area (Å²) in [6, 6.07) is 9.76. The normalized spacial score (nSPS) is 12.2. The smallest absolute Gasteiger partial charge is 0.303 e. The van der Waals surface area contributed by atoms with Crippen LogP contribution in [0.15, 0.2) is 30.3 Å². The van der Waals surface area contributed by atoms with Crippen LogP contribution in [-0.4, -0.2) is 10.4 Å². The zero-order valence-corrected chi connectivity index (χ0v) is 9.52. The van der Waals surface area contributed by atoms with Crippen molar-refractivity contribution in [3.8, 4) is 0 Å². The first-order valence-corrected chi connectivity index (χ1v) is 5.54. The van der Waals surface area contributed by atoms with Crippen molar-refractivity contribution in [2.45, 2.75) is 13.0 Å². The molecule has 70 valence electrons. The molecule has 3 heteroatoms. The molecule has 1 aromatic rings. The van der Waals surface area contributed by atoms with E-state index in [1.54, 1.807) is 0 Å². The van der Waals surface area contributed by atoms with E-state index in [1.807, 2.05) is 30.3 Å². The number of hydrogen-bond donors (Lipinski definition) is 0. The SMILES string of the molecule is CC(=O)OC(CI)c1ccccc1. The summed E-state index contributed by atoms with van der Waals surface area (Å²) in [4.78, 5) is 10.8. The predicted octanol–water partition coefficient (Wildman–Crippen LogP) is 2.73. The Morgan fingerprint density at radius 1 is 1.46 bits per heavy atom. The van der Waals surface area contributed by atoms with E-state index in [0.29, 0.717) is 0 Å². The quantitative estimate of drug-likeness (QED) is 0.486. The summed E-state index contributed by atoms with van der Waals surface area (Å²) >= 11 is 2.21. The summed E-state index contributed by atoms with van der Waals surface area (Å²) in [6.45, 7) is 1.43. The molecule has 0 saturated heterocycles. The minimum absolute atomic E-state index is 0.112. The second kappa shape index (κ2) is 5.21. The lowest BCUT2D eigenvalue weighted by Gasteiger charge is -2.13. The standard InChI is InChI=1S/C10H11IO2/c1-8(12)13-10(7-11)9-5-3-2-4-6-9/h2-6,10H,7H2,1H3. The molecular weight excluding hydrogens is 279 g/mol. The van der Waals surface area contributed by atoms with Gasteiger partial charge in [0.1, 0.15) is 6.10 Å². The lowest BCUT2D eigenvalue weighted by atomic mass is 10.1. The maximum atomic E-state index is 10.8. The van der Waals surface area contributed by atoms with Crippen LogP contribution in [0.4, 0.5) is 0 Å². The van der Waals surface area contributed by atoms with Gasteiger partial charge in [-0.1, -0.05) is 52.9 Å². The van der Waals surface area contributed by atoms with Gasteiger partial charge in [-0.3, -0.25) is 4.79 Å². The van der Waals surface area contributed by atoms with Crippen LogP contribution in [0.1, 0.15) is 18.6 Å². The van der Waals surface area contributed by atoms with Crippen LogP contribution < -0.4 is 0 Å². The first-order chi connectivity index (χ1) is 6.24. The Bertz CT molecular complexity index is 272. The fourth-order valence-electron chi connectivity index (χ4n) is 1.06. The molecule has 1 aromatic carbocycles. The second-order valence-electron chi connectivity index (χ2n) is 2.66. The maximum absolute atomic E-state index is 10.8. The third-order valence-corrected chi connectivity index (χ3v) is 2.42. The summed E-state index contributed by atoms with van der Waals surface area (Å²) in [5, 5.41) is 0. The van der Waals surface area contributed by atoms with Crippen LogP contribution >= 0.6 is 22.6 Å². The van der Waals surface area contributed by atoms with Crippen molar-refractivity contribution in [2.75, 3.05) is 4.43 Å². The van der Waals surface area contributed by atoms with E-state index >= 15 is 0 Å². The minimum Gasteiger partial charge on any atom is -0.457 e. The van der Waals surface area contributed by atoms with Crippen molar-refractivity contribution in [3.05, 3.63) is 35.9 Å². The van der Waals surface area contributed by atoms with Crippen molar-refractivity contribution in [1.82, 2.24) is 0 Å². The largest absolute Gasteiger partial charge is 0.457 e. The number of carbonyl (C=O) groups excluding carboxylic acids is 1. The molecule has 0 bridgehead atoms. The zero-order chi connectivity index (χ0) is 9.68. The van der Waals surface area contributed by atoms with Gasteiger partial charge >= 0.3 is 5.97 Å². The third-order valence-electron chi connectivity index (χ3n) is 1.62. The molecule has 1 atom stereocenters. The molecule has 13 heavy (non-hydrogen) atoms. The van der Waals surface area contributed by atoms with E-state index in [-0.39, 0.29) is 12.1 Å². The molecular formula is C10H11IO2. The fourth-order valence-corrected chi connectivity index (χ4v) is 1.74. The molecule has 0 aliphatic rings. The van der Waals surface area contributed by atoms with Gasteiger partial charge in [-0.05, 0) is 5.56 Å². The average molecular weight is 290 g/mol. The molecule has 0 aliphatic carbocycles. The van der Waals surface area contributed by atoms with Gasteiger partial charge in [0.05, 0.1) is 0 Å². The van der Waals surface area contributed by atoms with Gasteiger partial charge < -0.3 is 4.74 Å². The predicted molar refractivity (Wildman–Crippen MR) is 59.8 cm³/mol. The number of ether oxygens (including phenoxy) is 1. The molecule has 1 unspecified atom stereocenters. The van der Waals surface area contributed by atoms with Gasteiger partial charge in [0.2, 0.25) is 0 Å². The molecule has 0 N–H and O–H groups in total. The molecule has 0 aliphatic heterocycles. The summed E-state index contributed by atoms with van der Waals surface area (Å²) in [6.07, 6.45) is -0.112. The van der Waals surface area contributed by atoms with E-state index in [2.05, 4.69) is 22.6 Å². The van der Waals surface area contributed by atoms with Gasteiger partial charge in [0, 0.05) is 11.4 Å². The minimum atomic E-state index is -0.231. The fraction of sp³-hybridized carbons (Fsp3) is 0.300. The van der Waals surface area contributed by atoms with Crippen molar-refractivity contribution in [3.63, 3.8) is 0 Å². The van der Waals surface area contributed by atoms with Crippen LogP contribution in [0, 0.1) is 0 Å². The second-order valence-corrected chi connectivity index (χ2v) is 3.54. The molecule has 0 heterocycles. The first kappa shape index (κ1) is 10.5. The van der Waals surface area contributed by atoms with E-state index in [1.165, 1.54) is 6.92 Å². The number of carbonyl (C=O) groups is 1. The number of esters is 1. The van der Waals surface area contributed by atoms with Gasteiger partial charge in [-0.15, -0.1) is 0 Å². The third kappa shape index (κ3) is 3.34. The van der Waals surface area contributed by atoms with E-state index in [0.717, 1.165) is 9.99 Å². The van der Waals surface area contributed by atoms with Gasteiger partial charge in [-0.25, -0.2) is 0 Å². The number of alkyl halides is 1. The van der Waals surface area contributed by atoms with E-state index in [9.17, 15) is 4.79 Å². The topological polar surface area (TPSA) is 26.3 Å². The summed E-state index contributed by atoms with van der Waals surface area (Å²) in [5.74, 6) is -0.231. The first-order valence-electron chi connectivity index (χ1n) is 4.02. The summed E-state index contributed by atoms with van der Waals surface area (Å²) in [7, 11) is 0. The Hall–Kier alpha value is -0.580. The Morgan fingerprint density at radius 3 is 2.54 bits per heavy atom.